The Morgan fingerprint density at radius 1 is 1.62 bits per heavy atom. The number of anilines is 1. The van der Waals surface area contributed by atoms with Gasteiger partial charge >= 0.3 is 0 Å². The van der Waals surface area contributed by atoms with Crippen LogP contribution in [0.4, 0.5) is 5.95 Å². The molecular formula is C8H12BrN3O. The second-order valence-corrected chi connectivity index (χ2v) is 3.40. The maximum atomic E-state index is 5.06. The van der Waals surface area contributed by atoms with Crippen molar-refractivity contribution in [3.8, 4) is 5.88 Å². The van der Waals surface area contributed by atoms with Gasteiger partial charge in [0.15, 0.2) is 0 Å². The number of ether oxygens (including phenoxy) is 1. The molecule has 0 radical (unpaired) electrons. The van der Waals surface area contributed by atoms with Gasteiger partial charge in [-0.1, -0.05) is 0 Å². The topological polar surface area (TPSA) is 38.2 Å². The Balaban J connectivity index is 2.99. The molecule has 0 spiro atoms. The van der Waals surface area contributed by atoms with Gasteiger partial charge in [-0.15, -0.1) is 0 Å². The summed E-state index contributed by atoms with van der Waals surface area (Å²) in [7, 11) is 3.52. The molecule has 72 valence electrons. The van der Waals surface area contributed by atoms with Crippen LogP contribution in [-0.2, 0) is 0 Å². The van der Waals surface area contributed by atoms with Crippen molar-refractivity contribution in [2.75, 3.05) is 25.6 Å². The molecule has 0 fully saturated rings. The summed E-state index contributed by atoms with van der Waals surface area (Å²) in [6, 6.07) is 0. The SMILES string of the molecule is CCN(C)c1ncc(Br)c(OC)n1. The normalized spacial score (nSPS) is 9.85. The van der Waals surface area contributed by atoms with Gasteiger partial charge in [0.2, 0.25) is 11.8 Å². The summed E-state index contributed by atoms with van der Waals surface area (Å²) in [5.41, 5.74) is 0. The van der Waals surface area contributed by atoms with Crippen LogP contribution in [0.3, 0.4) is 0 Å². The van der Waals surface area contributed by atoms with Crippen LogP contribution in [0.1, 0.15) is 6.92 Å². The van der Waals surface area contributed by atoms with Crippen LogP contribution < -0.4 is 9.64 Å². The van der Waals surface area contributed by atoms with Gasteiger partial charge < -0.3 is 9.64 Å². The van der Waals surface area contributed by atoms with E-state index in [4.69, 9.17) is 4.74 Å². The van der Waals surface area contributed by atoms with E-state index < -0.39 is 0 Å². The van der Waals surface area contributed by atoms with Crippen LogP contribution in [0.15, 0.2) is 10.7 Å². The van der Waals surface area contributed by atoms with Crippen LogP contribution in [-0.4, -0.2) is 30.7 Å². The van der Waals surface area contributed by atoms with E-state index in [0.29, 0.717) is 11.8 Å². The second-order valence-electron chi connectivity index (χ2n) is 2.54. The van der Waals surface area contributed by atoms with Gasteiger partial charge in [-0.3, -0.25) is 0 Å². The van der Waals surface area contributed by atoms with Crippen LogP contribution >= 0.6 is 15.9 Å². The highest BCUT2D eigenvalue weighted by atomic mass is 79.9. The maximum Gasteiger partial charge on any atom is 0.232 e. The van der Waals surface area contributed by atoms with Crippen molar-refractivity contribution in [3.63, 3.8) is 0 Å². The molecule has 0 aliphatic carbocycles. The Morgan fingerprint density at radius 3 is 2.85 bits per heavy atom. The Kier molecular flexibility index (Phi) is 3.48. The minimum absolute atomic E-state index is 0.560. The van der Waals surface area contributed by atoms with Crippen molar-refractivity contribution in [2.45, 2.75) is 6.92 Å². The summed E-state index contributed by atoms with van der Waals surface area (Å²) >= 11 is 3.29. The largest absolute Gasteiger partial charge is 0.480 e. The number of nitrogens with zero attached hydrogens (tertiary/aromatic N) is 3. The van der Waals surface area contributed by atoms with E-state index in [1.807, 2.05) is 18.9 Å². The summed E-state index contributed by atoms with van der Waals surface area (Å²) in [6.07, 6.45) is 1.69. The van der Waals surface area contributed by atoms with E-state index in [2.05, 4.69) is 25.9 Å². The molecule has 0 aliphatic heterocycles. The fourth-order valence-corrected chi connectivity index (χ4v) is 1.16. The van der Waals surface area contributed by atoms with Crippen LogP contribution in [0.5, 0.6) is 5.88 Å². The van der Waals surface area contributed by atoms with Crippen molar-refractivity contribution in [2.24, 2.45) is 0 Å². The Hall–Kier alpha value is -0.840. The van der Waals surface area contributed by atoms with E-state index in [1.54, 1.807) is 13.3 Å². The second kappa shape index (κ2) is 4.41. The molecule has 0 saturated heterocycles. The molecule has 0 atom stereocenters. The zero-order valence-electron chi connectivity index (χ0n) is 7.91. The number of hydrogen-bond donors (Lipinski definition) is 0. The number of hydrogen-bond acceptors (Lipinski definition) is 4. The quantitative estimate of drug-likeness (QED) is 0.813. The Bertz CT molecular complexity index is 293. The van der Waals surface area contributed by atoms with Crippen molar-refractivity contribution in [1.29, 1.82) is 0 Å². The van der Waals surface area contributed by atoms with Gasteiger partial charge in [0, 0.05) is 13.6 Å². The minimum atomic E-state index is 0.560. The maximum absolute atomic E-state index is 5.06. The van der Waals surface area contributed by atoms with Gasteiger partial charge in [0.25, 0.3) is 0 Å². The van der Waals surface area contributed by atoms with E-state index in [0.717, 1.165) is 11.0 Å². The smallest absolute Gasteiger partial charge is 0.232 e. The zero-order chi connectivity index (χ0) is 9.84. The monoisotopic (exact) mass is 245 g/mol. The van der Waals surface area contributed by atoms with Crippen LogP contribution in [0.25, 0.3) is 0 Å². The van der Waals surface area contributed by atoms with E-state index in [9.17, 15) is 0 Å². The number of methoxy groups -OCH3 is 1. The molecular weight excluding hydrogens is 234 g/mol. The van der Waals surface area contributed by atoms with Gasteiger partial charge in [0.1, 0.15) is 0 Å². The number of aromatic nitrogens is 2. The van der Waals surface area contributed by atoms with Gasteiger partial charge in [-0.05, 0) is 22.9 Å². The molecule has 0 saturated carbocycles. The summed E-state index contributed by atoms with van der Waals surface area (Å²) in [4.78, 5) is 10.3. The Morgan fingerprint density at radius 2 is 2.31 bits per heavy atom. The zero-order valence-corrected chi connectivity index (χ0v) is 9.50. The molecule has 0 bridgehead atoms. The minimum Gasteiger partial charge on any atom is -0.480 e. The summed E-state index contributed by atoms with van der Waals surface area (Å²) in [5, 5.41) is 0. The lowest BCUT2D eigenvalue weighted by Crippen LogP contribution is -2.18. The van der Waals surface area contributed by atoms with Crippen molar-refractivity contribution in [3.05, 3.63) is 10.7 Å². The third kappa shape index (κ3) is 2.30. The van der Waals surface area contributed by atoms with Gasteiger partial charge in [0.05, 0.1) is 17.8 Å². The standard InChI is InChI=1S/C8H12BrN3O/c1-4-12(2)8-10-5-6(9)7(11-8)13-3/h5H,4H2,1-3H3. The highest BCUT2D eigenvalue weighted by molar-refractivity contribution is 9.10. The van der Waals surface area contributed by atoms with Gasteiger partial charge in [-0.2, -0.15) is 4.98 Å². The third-order valence-corrected chi connectivity index (χ3v) is 2.25. The number of halogens is 1. The first-order chi connectivity index (χ1) is 6.19. The van der Waals surface area contributed by atoms with Crippen LogP contribution in [0.2, 0.25) is 0 Å². The fraction of sp³-hybridized carbons (Fsp3) is 0.500. The molecule has 0 N–H and O–H groups in total. The molecule has 1 aromatic heterocycles. The fourth-order valence-electron chi connectivity index (χ4n) is 0.811. The first-order valence-corrected chi connectivity index (χ1v) is 4.76. The average Bonchev–Trinajstić information content (AvgIpc) is 2.17. The molecule has 5 heteroatoms. The highest BCUT2D eigenvalue weighted by Gasteiger charge is 2.06. The molecule has 1 aromatic rings. The predicted octanol–water partition coefficient (Wildman–Crippen LogP) is 1.70. The molecule has 0 amide bonds. The van der Waals surface area contributed by atoms with Crippen LogP contribution in [0, 0.1) is 0 Å². The molecule has 1 rings (SSSR count). The lowest BCUT2D eigenvalue weighted by molar-refractivity contribution is 0.394. The van der Waals surface area contributed by atoms with Crippen molar-refractivity contribution in [1.82, 2.24) is 9.97 Å². The van der Waals surface area contributed by atoms with Crippen molar-refractivity contribution >= 4 is 21.9 Å². The lowest BCUT2D eigenvalue weighted by atomic mass is 10.6. The van der Waals surface area contributed by atoms with E-state index in [-0.39, 0.29) is 0 Å². The summed E-state index contributed by atoms with van der Waals surface area (Å²) in [5.74, 6) is 1.23. The molecule has 0 aromatic carbocycles. The highest BCUT2D eigenvalue weighted by Crippen LogP contribution is 2.22. The third-order valence-electron chi connectivity index (χ3n) is 1.71. The molecule has 0 unspecified atom stereocenters. The lowest BCUT2D eigenvalue weighted by Gasteiger charge is -2.14. The average molecular weight is 246 g/mol. The van der Waals surface area contributed by atoms with E-state index in [1.165, 1.54) is 0 Å². The van der Waals surface area contributed by atoms with Gasteiger partial charge in [-0.25, -0.2) is 4.98 Å². The first-order valence-electron chi connectivity index (χ1n) is 3.96. The first kappa shape index (κ1) is 10.2. The van der Waals surface area contributed by atoms with E-state index >= 15 is 0 Å². The number of rotatable bonds is 3. The molecule has 1 heterocycles. The van der Waals surface area contributed by atoms with Crippen molar-refractivity contribution < 1.29 is 4.74 Å². The molecule has 13 heavy (non-hydrogen) atoms. The summed E-state index contributed by atoms with van der Waals surface area (Å²) in [6.45, 7) is 2.91. The predicted molar refractivity (Wildman–Crippen MR) is 55.2 cm³/mol. The Labute approximate surface area is 86.1 Å². The molecule has 0 aliphatic rings. The molecule has 4 nitrogen and oxygen atoms in total. The summed E-state index contributed by atoms with van der Waals surface area (Å²) < 4.78 is 5.82.